The van der Waals surface area contributed by atoms with Gasteiger partial charge in [-0.25, -0.2) is 4.39 Å². The quantitative estimate of drug-likeness (QED) is 0.861. The topological polar surface area (TPSA) is 32.3 Å². The molecule has 0 aromatic heterocycles. The first-order valence-electron chi connectivity index (χ1n) is 6.80. The normalized spacial score (nSPS) is 20.6. The number of halogens is 1. The molecule has 1 aliphatic carbocycles. The van der Waals surface area contributed by atoms with E-state index in [1.807, 2.05) is 6.92 Å². The fraction of sp³-hybridized carbons (Fsp3) is 0.600. The summed E-state index contributed by atoms with van der Waals surface area (Å²) in [7, 11) is 0. The van der Waals surface area contributed by atoms with Gasteiger partial charge in [-0.15, -0.1) is 0 Å². The molecule has 0 aliphatic heterocycles. The number of aliphatic hydroxyl groups is 1. The van der Waals surface area contributed by atoms with Crippen LogP contribution in [0.4, 0.5) is 4.39 Å². The number of benzene rings is 1. The molecule has 2 N–H and O–H groups in total. The molecule has 1 fully saturated rings. The van der Waals surface area contributed by atoms with Crippen molar-refractivity contribution in [2.75, 3.05) is 6.54 Å². The van der Waals surface area contributed by atoms with E-state index in [-0.39, 0.29) is 11.9 Å². The molecule has 0 heterocycles. The summed E-state index contributed by atoms with van der Waals surface area (Å²) >= 11 is 0. The molecule has 1 atom stereocenters. The Morgan fingerprint density at radius 1 is 1.22 bits per heavy atom. The van der Waals surface area contributed by atoms with Crippen molar-refractivity contribution < 1.29 is 9.50 Å². The van der Waals surface area contributed by atoms with Gasteiger partial charge in [0.25, 0.3) is 0 Å². The Hall–Kier alpha value is -0.930. The Kier molecular flexibility index (Phi) is 4.36. The van der Waals surface area contributed by atoms with E-state index in [0.717, 1.165) is 31.2 Å². The molecule has 0 spiro atoms. The minimum Gasteiger partial charge on any atom is -0.389 e. The Balaban J connectivity index is 1.87. The van der Waals surface area contributed by atoms with Crippen molar-refractivity contribution in [1.82, 2.24) is 5.32 Å². The lowest BCUT2D eigenvalue weighted by Crippen LogP contribution is -2.42. The van der Waals surface area contributed by atoms with Gasteiger partial charge in [-0.1, -0.05) is 31.4 Å². The van der Waals surface area contributed by atoms with E-state index in [0.29, 0.717) is 6.54 Å². The van der Waals surface area contributed by atoms with E-state index in [1.165, 1.54) is 18.6 Å². The molecule has 0 radical (unpaired) electrons. The third-order valence-corrected chi connectivity index (χ3v) is 3.89. The maximum atomic E-state index is 12.8. The molecule has 1 aliphatic rings. The largest absolute Gasteiger partial charge is 0.389 e. The van der Waals surface area contributed by atoms with Crippen LogP contribution in [0.1, 0.15) is 50.6 Å². The minimum absolute atomic E-state index is 0.136. The summed E-state index contributed by atoms with van der Waals surface area (Å²) in [5.41, 5.74) is 0.503. The van der Waals surface area contributed by atoms with E-state index in [4.69, 9.17) is 0 Å². The van der Waals surface area contributed by atoms with Gasteiger partial charge in [-0.05, 0) is 37.5 Å². The highest BCUT2D eigenvalue weighted by molar-refractivity contribution is 5.19. The smallest absolute Gasteiger partial charge is 0.123 e. The van der Waals surface area contributed by atoms with E-state index < -0.39 is 5.60 Å². The van der Waals surface area contributed by atoms with Gasteiger partial charge in [0.2, 0.25) is 0 Å². The summed E-state index contributed by atoms with van der Waals surface area (Å²) in [5, 5.41) is 13.7. The molecule has 100 valence electrons. The first-order chi connectivity index (χ1) is 8.59. The highest BCUT2D eigenvalue weighted by Crippen LogP contribution is 2.28. The number of hydrogen-bond donors (Lipinski definition) is 2. The van der Waals surface area contributed by atoms with Crippen molar-refractivity contribution in [1.29, 1.82) is 0 Å². The summed E-state index contributed by atoms with van der Waals surface area (Å²) in [6, 6.07) is 6.66. The molecule has 1 saturated carbocycles. The molecule has 0 saturated heterocycles. The third kappa shape index (κ3) is 3.53. The van der Waals surface area contributed by atoms with Crippen LogP contribution in [0, 0.1) is 5.82 Å². The molecular weight excluding hydrogens is 229 g/mol. The summed E-state index contributed by atoms with van der Waals surface area (Å²) in [4.78, 5) is 0. The zero-order valence-electron chi connectivity index (χ0n) is 11.0. The van der Waals surface area contributed by atoms with Crippen LogP contribution in [0.3, 0.4) is 0 Å². The predicted molar refractivity (Wildman–Crippen MR) is 70.9 cm³/mol. The second-order valence-electron chi connectivity index (χ2n) is 5.44. The fourth-order valence-corrected chi connectivity index (χ4v) is 2.60. The highest BCUT2D eigenvalue weighted by Gasteiger charge is 2.29. The summed E-state index contributed by atoms with van der Waals surface area (Å²) in [5.74, 6) is -0.211. The van der Waals surface area contributed by atoms with Crippen molar-refractivity contribution in [3.63, 3.8) is 0 Å². The van der Waals surface area contributed by atoms with E-state index in [9.17, 15) is 9.50 Å². The van der Waals surface area contributed by atoms with Gasteiger partial charge >= 0.3 is 0 Å². The van der Waals surface area contributed by atoms with Crippen LogP contribution >= 0.6 is 0 Å². The number of hydrogen-bond acceptors (Lipinski definition) is 2. The van der Waals surface area contributed by atoms with Crippen LogP contribution in [0.5, 0.6) is 0 Å². The lowest BCUT2D eigenvalue weighted by Gasteiger charge is -2.33. The van der Waals surface area contributed by atoms with Gasteiger partial charge in [-0.3, -0.25) is 0 Å². The maximum Gasteiger partial charge on any atom is 0.123 e. The number of nitrogens with one attached hydrogen (secondary N) is 1. The summed E-state index contributed by atoms with van der Waals surface area (Å²) in [6.45, 7) is 2.66. The van der Waals surface area contributed by atoms with E-state index in [2.05, 4.69) is 5.32 Å². The average Bonchev–Trinajstić information content (AvgIpc) is 2.38. The first-order valence-corrected chi connectivity index (χ1v) is 6.80. The van der Waals surface area contributed by atoms with Gasteiger partial charge < -0.3 is 10.4 Å². The van der Waals surface area contributed by atoms with Crippen LogP contribution in [-0.4, -0.2) is 17.3 Å². The van der Waals surface area contributed by atoms with Crippen molar-refractivity contribution in [2.24, 2.45) is 0 Å². The van der Waals surface area contributed by atoms with E-state index in [1.54, 1.807) is 12.1 Å². The van der Waals surface area contributed by atoms with Gasteiger partial charge in [-0.2, -0.15) is 0 Å². The zero-order valence-corrected chi connectivity index (χ0v) is 11.0. The highest BCUT2D eigenvalue weighted by atomic mass is 19.1. The van der Waals surface area contributed by atoms with Gasteiger partial charge in [0, 0.05) is 12.6 Å². The van der Waals surface area contributed by atoms with Gasteiger partial charge in [0.15, 0.2) is 0 Å². The molecule has 0 amide bonds. The molecule has 1 aromatic carbocycles. The minimum atomic E-state index is -0.549. The predicted octanol–water partition coefficient (Wildman–Crippen LogP) is 3.17. The zero-order chi connectivity index (χ0) is 13.0. The molecule has 18 heavy (non-hydrogen) atoms. The molecule has 0 bridgehead atoms. The van der Waals surface area contributed by atoms with Gasteiger partial charge in [0.05, 0.1) is 5.60 Å². The lowest BCUT2D eigenvalue weighted by molar-refractivity contribution is 0.00300. The molecule has 2 nitrogen and oxygen atoms in total. The van der Waals surface area contributed by atoms with Crippen LogP contribution in [0.25, 0.3) is 0 Å². The summed E-state index contributed by atoms with van der Waals surface area (Å²) in [6.07, 6.45) is 5.23. The standard InChI is InChI=1S/C15H22FNO/c1-12(13-5-7-14(16)8-6-13)17-11-15(18)9-3-2-4-10-15/h5-8,12,17-18H,2-4,9-11H2,1H3. The monoisotopic (exact) mass is 251 g/mol. The van der Waals surface area contributed by atoms with Gasteiger partial charge in [0.1, 0.15) is 5.82 Å². The Morgan fingerprint density at radius 2 is 1.83 bits per heavy atom. The summed E-state index contributed by atoms with van der Waals surface area (Å²) < 4.78 is 12.8. The SMILES string of the molecule is CC(NCC1(O)CCCCC1)c1ccc(F)cc1. The van der Waals surface area contributed by atoms with Crippen LogP contribution in [0.2, 0.25) is 0 Å². The fourth-order valence-electron chi connectivity index (χ4n) is 2.60. The molecular formula is C15H22FNO. The van der Waals surface area contributed by atoms with Crippen molar-refractivity contribution in [2.45, 2.75) is 50.7 Å². The van der Waals surface area contributed by atoms with Crippen molar-refractivity contribution in [3.8, 4) is 0 Å². The Labute approximate surface area is 108 Å². The number of rotatable bonds is 4. The van der Waals surface area contributed by atoms with Crippen LogP contribution in [0.15, 0.2) is 24.3 Å². The van der Waals surface area contributed by atoms with Crippen LogP contribution < -0.4 is 5.32 Å². The second-order valence-corrected chi connectivity index (χ2v) is 5.44. The molecule has 1 aromatic rings. The third-order valence-electron chi connectivity index (χ3n) is 3.89. The lowest BCUT2D eigenvalue weighted by atomic mass is 9.84. The molecule has 1 unspecified atom stereocenters. The Bertz CT molecular complexity index is 371. The van der Waals surface area contributed by atoms with E-state index >= 15 is 0 Å². The van der Waals surface area contributed by atoms with Crippen molar-refractivity contribution >= 4 is 0 Å². The maximum absolute atomic E-state index is 12.8. The molecule has 3 heteroatoms. The first kappa shape index (κ1) is 13.5. The van der Waals surface area contributed by atoms with Crippen LogP contribution in [-0.2, 0) is 0 Å². The molecule has 2 rings (SSSR count). The van der Waals surface area contributed by atoms with Crippen molar-refractivity contribution in [3.05, 3.63) is 35.6 Å². The average molecular weight is 251 g/mol. The Morgan fingerprint density at radius 3 is 2.44 bits per heavy atom. The second kappa shape index (κ2) is 5.81.